The highest BCUT2D eigenvalue weighted by Crippen LogP contribution is 2.30. The largest absolute Gasteiger partial charge is 0.493 e. The summed E-state index contributed by atoms with van der Waals surface area (Å²) in [4.78, 5) is 0. The minimum atomic E-state index is 0.470. The van der Waals surface area contributed by atoms with E-state index in [2.05, 4.69) is 61.5 Å². The molecule has 1 nitrogen and oxygen atoms in total. The van der Waals surface area contributed by atoms with Crippen LogP contribution in [0.4, 0.5) is 0 Å². The molecule has 1 aromatic carbocycles. The van der Waals surface area contributed by atoms with Gasteiger partial charge in [-0.05, 0) is 41.9 Å². The van der Waals surface area contributed by atoms with Gasteiger partial charge in [0.05, 0.1) is 6.61 Å². The summed E-state index contributed by atoms with van der Waals surface area (Å²) in [6, 6.07) is 6.24. The van der Waals surface area contributed by atoms with E-state index in [4.69, 9.17) is 4.74 Å². The van der Waals surface area contributed by atoms with Gasteiger partial charge in [0.15, 0.2) is 0 Å². The van der Waals surface area contributed by atoms with Gasteiger partial charge in [-0.25, -0.2) is 0 Å². The van der Waals surface area contributed by atoms with Gasteiger partial charge in [0, 0.05) is 10.4 Å². The summed E-state index contributed by atoms with van der Waals surface area (Å²) in [6.07, 6.45) is 2.36. The topological polar surface area (TPSA) is 9.23 Å². The first-order valence-corrected chi connectivity index (χ1v) is 8.04. The summed E-state index contributed by atoms with van der Waals surface area (Å²) in [7, 11) is 0. The molecule has 0 bridgehead atoms. The van der Waals surface area contributed by atoms with Gasteiger partial charge < -0.3 is 4.74 Å². The van der Waals surface area contributed by atoms with Crippen molar-refractivity contribution in [1.82, 2.24) is 0 Å². The minimum absolute atomic E-state index is 0.470. The van der Waals surface area contributed by atoms with Crippen LogP contribution in [0.1, 0.15) is 45.1 Å². The average molecular weight is 331 g/mol. The van der Waals surface area contributed by atoms with Crippen molar-refractivity contribution >= 4 is 28.6 Å². The Balaban J connectivity index is 2.71. The van der Waals surface area contributed by atoms with Crippen LogP contribution in [-0.4, -0.2) is 12.4 Å². The maximum Gasteiger partial charge on any atom is 0.122 e. The fourth-order valence-corrected chi connectivity index (χ4v) is 2.61. The van der Waals surface area contributed by atoms with Gasteiger partial charge in [-0.15, -0.1) is 0 Å². The van der Waals surface area contributed by atoms with Crippen molar-refractivity contribution in [3.63, 3.8) is 0 Å². The summed E-state index contributed by atoms with van der Waals surface area (Å²) < 4.78 is 7.10. The number of thiol groups is 1. The van der Waals surface area contributed by atoms with E-state index < -0.39 is 0 Å². The van der Waals surface area contributed by atoms with Crippen LogP contribution in [-0.2, 0) is 0 Å². The number of hydrogen-bond donors (Lipinski definition) is 1. The van der Waals surface area contributed by atoms with Crippen molar-refractivity contribution in [2.24, 2.45) is 5.92 Å². The first kappa shape index (κ1) is 15.9. The minimum Gasteiger partial charge on any atom is -0.493 e. The van der Waals surface area contributed by atoms with E-state index in [9.17, 15) is 0 Å². The van der Waals surface area contributed by atoms with Crippen LogP contribution in [0.3, 0.4) is 0 Å². The van der Waals surface area contributed by atoms with Crippen molar-refractivity contribution in [2.75, 3.05) is 12.4 Å². The quantitative estimate of drug-likeness (QED) is 0.667. The number of rotatable bonds is 7. The van der Waals surface area contributed by atoms with E-state index in [1.807, 2.05) is 6.07 Å². The van der Waals surface area contributed by atoms with Gasteiger partial charge in [0.25, 0.3) is 0 Å². The first-order chi connectivity index (χ1) is 8.58. The Morgan fingerprint density at radius 2 is 2.06 bits per heavy atom. The van der Waals surface area contributed by atoms with Crippen LogP contribution in [0.25, 0.3) is 0 Å². The van der Waals surface area contributed by atoms with Crippen molar-refractivity contribution < 1.29 is 4.74 Å². The maximum absolute atomic E-state index is 5.99. The van der Waals surface area contributed by atoms with E-state index in [1.165, 1.54) is 18.4 Å². The van der Waals surface area contributed by atoms with Gasteiger partial charge >= 0.3 is 0 Å². The van der Waals surface area contributed by atoms with Crippen LogP contribution in [0.15, 0.2) is 22.7 Å². The zero-order chi connectivity index (χ0) is 13.5. The molecule has 1 atom stereocenters. The lowest BCUT2D eigenvalue weighted by Crippen LogP contribution is -2.14. The van der Waals surface area contributed by atoms with E-state index in [0.717, 1.165) is 22.6 Å². The van der Waals surface area contributed by atoms with E-state index >= 15 is 0 Å². The molecule has 0 N–H and O–H groups in total. The third-order valence-corrected chi connectivity index (χ3v) is 4.03. The molecule has 0 saturated heterocycles. The summed E-state index contributed by atoms with van der Waals surface area (Å²) in [5, 5.41) is 0. The molecule has 18 heavy (non-hydrogen) atoms. The van der Waals surface area contributed by atoms with Crippen molar-refractivity contribution in [2.45, 2.75) is 39.5 Å². The Hall–Kier alpha value is -0.150. The van der Waals surface area contributed by atoms with Crippen LogP contribution < -0.4 is 4.74 Å². The molecule has 0 aromatic heterocycles. The smallest absolute Gasteiger partial charge is 0.122 e. The molecule has 0 spiro atoms. The highest BCUT2D eigenvalue weighted by molar-refractivity contribution is 9.10. The SMILES string of the molecule is CCCC(CS)COc1ccc(Br)cc1C(C)C. The number of hydrogen-bond acceptors (Lipinski definition) is 2. The molecular weight excluding hydrogens is 308 g/mol. The summed E-state index contributed by atoms with van der Waals surface area (Å²) in [5.74, 6) is 2.91. The first-order valence-electron chi connectivity index (χ1n) is 6.61. The van der Waals surface area contributed by atoms with Crippen molar-refractivity contribution in [3.8, 4) is 5.75 Å². The lowest BCUT2D eigenvalue weighted by atomic mass is 10.0. The van der Waals surface area contributed by atoms with E-state index in [0.29, 0.717) is 11.8 Å². The Kier molecular flexibility index (Phi) is 7.16. The second-order valence-electron chi connectivity index (χ2n) is 4.99. The molecule has 0 saturated carbocycles. The van der Waals surface area contributed by atoms with Crippen LogP contribution in [0, 0.1) is 5.92 Å². The number of halogens is 1. The second kappa shape index (κ2) is 8.11. The zero-order valence-corrected chi connectivity index (χ0v) is 13.9. The molecule has 0 aliphatic rings. The Morgan fingerprint density at radius 1 is 1.33 bits per heavy atom. The molecule has 0 aliphatic carbocycles. The third-order valence-electron chi connectivity index (χ3n) is 3.02. The van der Waals surface area contributed by atoms with Crippen LogP contribution in [0.2, 0.25) is 0 Å². The predicted octanol–water partition coefficient (Wildman–Crippen LogP) is 5.30. The molecule has 102 valence electrons. The molecule has 0 amide bonds. The fourth-order valence-electron chi connectivity index (χ4n) is 1.95. The van der Waals surface area contributed by atoms with Crippen LogP contribution >= 0.6 is 28.6 Å². The second-order valence-corrected chi connectivity index (χ2v) is 6.27. The van der Waals surface area contributed by atoms with Gasteiger partial charge in [0.2, 0.25) is 0 Å². The van der Waals surface area contributed by atoms with Crippen molar-refractivity contribution in [1.29, 1.82) is 0 Å². The standard InChI is InChI=1S/C15H23BrOS/c1-4-5-12(10-18)9-17-15-7-6-13(16)8-14(15)11(2)3/h6-8,11-12,18H,4-5,9-10H2,1-3H3. The van der Waals surface area contributed by atoms with Gasteiger partial charge in [0.1, 0.15) is 5.75 Å². The number of ether oxygens (including phenoxy) is 1. The zero-order valence-electron chi connectivity index (χ0n) is 11.4. The van der Waals surface area contributed by atoms with E-state index in [1.54, 1.807) is 0 Å². The summed E-state index contributed by atoms with van der Waals surface area (Å²) in [5.41, 5.74) is 1.26. The lowest BCUT2D eigenvalue weighted by Gasteiger charge is -2.18. The van der Waals surface area contributed by atoms with Crippen molar-refractivity contribution in [3.05, 3.63) is 28.2 Å². The third kappa shape index (κ3) is 4.85. The Labute approximate surface area is 125 Å². The molecule has 0 heterocycles. The Morgan fingerprint density at radius 3 is 2.61 bits per heavy atom. The molecule has 0 fully saturated rings. The molecule has 1 aromatic rings. The molecule has 0 radical (unpaired) electrons. The highest BCUT2D eigenvalue weighted by Gasteiger charge is 2.11. The average Bonchev–Trinajstić information content (AvgIpc) is 2.35. The lowest BCUT2D eigenvalue weighted by molar-refractivity contribution is 0.251. The number of benzene rings is 1. The summed E-state index contributed by atoms with van der Waals surface area (Å²) >= 11 is 7.91. The normalized spacial score (nSPS) is 12.8. The van der Waals surface area contributed by atoms with Gasteiger partial charge in [-0.3, -0.25) is 0 Å². The van der Waals surface area contributed by atoms with Crippen LogP contribution in [0.5, 0.6) is 5.75 Å². The molecular formula is C15H23BrOS. The highest BCUT2D eigenvalue weighted by atomic mass is 79.9. The molecule has 3 heteroatoms. The summed E-state index contributed by atoms with van der Waals surface area (Å²) in [6.45, 7) is 7.35. The predicted molar refractivity (Wildman–Crippen MR) is 86.0 cm³/mol. The van der Waals surface area contributed by atoms with Gasteiger partial charge in [-0.2, -0.15) is 12.6 Å². The molecule has 1 rings (SSSR count). The Bertz CT molecular complexity index is 366. The van der Waals surface area contributed by atoms with Gasteiger partial charge in [-0.1, -0.05) is 43.1 Å². The molecule has 1 unspecified atom stereocenters. The molecule has 0 aliphatic heterocycles. The fraction of sp³-hybridized carbons (Fsp3) is 0.600. The van der Waals surface area contributed by atoms with E-state index in [-0.39, 0.29) is 0 Å². The monoisotopic (exact) mass is 330 g/mol. The maximum atomic E-state index is 5.99.